The second-order valence-electron chi connectivity index (χ2n) is 10.8. The SMILES string of the molecule is CCc1nc2cc(C)ccn2c1C(=O)NCC1=CC=C(N2CCC(c3ccc(OC(F)(F)F)cc3)CC2)CC1C. The Morgan fingerprint density at radius 3 is 2.50 bits per heavy atom. The van der Waals surface area contributed by atoms with Gasteiger partial charge in [-0.2, -0.15) is 0 Å². The first kappa shape index (κ1) is 27.8. The molecule has 0 spiro atoms. The van der Waals surface area contributed by atoms with E-state index in [4.69, 9.17) is 0 Å². The van der Waals surface area contributed by atoms with Crippen LogP contribution in [0.5, 0.6) is 5.75 Å². The topological polar surface area (TPSA) is 58.9 Å². The van der Waals surface area contributed by atoms with Crippen molar-refractivity contribution < 1.29 is 22.7 Å². The summed E-state index contributed by atoms with van der Waals surface area (Å²) in [4.78, 5) is 20.3. The average molecular weight is 553 g/mol. The predicted molar refractivity (Wildman–Crippen MR) is 148 cm³/mol. The van der Waals surface area contributed by atoms with E-state index in [-0.39, 0.29) is 11.7 Å². The van der Waals surface area contributed by atoms with Crippen LogP contribution in [-0.4, -0.2) is 46.2 Å². The Bertz CT molecular complexity index is 1430. The van der Waals surface area contributed by atoms with Crippen LogP contribution in [0.1, 0.15) is 66.3 Å². The normalized spacial score (nSPS) is 18.4. The molecule has 3 heterocycles. The molecule has 2 aromatic heterocycles. The zero-order valence-corrected chi connectivity index (χ0v) is 23.1. The minimum atomic E-state index is -4.68. The highest BCUT2D eigenvalue weighted by molar-refractivity contribution is 5.95. The highest BCUT2D eigenvalue weighted by Gasteiger charge is 2.31. The van der Waals surface area contributed by atoms with E-state index in [1.807, 2.05) is 36.6 Å². The highest BCUT2D eigenvalue weighted by atomic mass is 19.4. The van der Waals surface area contributed by atoms with Crippen molar-refractivity contribution in [3.63, 3.8) is 0 Å². The molecule has 0 saturated carbocycles. The van der Waals surface area contributed by atoms with Gasteiger partial charge in [0.05, 0.1) is 5.69 Å². The van der Waals surface area contributed by atoms with Crippen LogP contribution >= 0.6 is 0 Å². The number of hydrogen-bond donors (Lipinski definition) is 1. The van der Waals surface area contributed by atoms with Crippen molar-refractivity contribution in [3.05, 3.63) is 88.5 Å². The molecule has 212 valence electrons. The zero-order chi connectivity index (χ0) is 28.4. The molecule has 9 heteroatoms. The van der Waals surface area contributed by atoms with Crippen LogP contribution in [0.3, 0.4) is 0 Å². The number of rotatable bonds is 7. The summed E-state index contributed by atoms with van der Waals surface area (Å²) in [6.07, 6.45) is 5.00. The number of likely N-dealkylation sites (tertiary alicyclic amines) is 1. The van der Waals surface area contributed by atoms with Crippen molar-refractivity contribution >= 4 is 11.6 Å². The summed E-state index contributed by atoms with van der Waals surface area (Å²) in [6, 6.07) is 10.2. The number of ether oxygens (including phenoxy) is 1. The molecule has 1 aliphatic heterocycles. The first-order chi connectivity index (χ1) is 19.1. The molecule has 0 bridgehead atoms. The summed E-state index contributed by atoms with van der Waals surface area (Å²) in [5.41, 5.74) is 6.82. The van der Waals surface area contributed by atoms with E-state index in [2.05, 4.69) is 39.0 Å². The third-order valence-electron chi connectivity index (χ3n) is 7.98. The number of aromatic nitrogens is 2. The first-order valence-electron chi connectivity index (χ1n) is 13.9. The second kappa shape index (κ2) is 11.4. The minimum absolute atomic E-state index is 0.115. The molecule has 40 heavy (non-hydrogen) atoms. The van der Waals surface area contributed by atoms with Crippen LogP contribution in [-0.2, 0) is 6.42 Å². The van der Waals surface area contributed by atoms with Crippen molar-refractivity contribution in [1.29, 1.82) is 0 Å². The number of carbonyl (C=O) groups is 1. The van der Waals surface area contributed by atoms with Crippen LogP contribution < -0.4 is 10.1 Å². The number of halogens is 3. The van der Waals surface area contributed by atoms with E-state index in [9.17, 15) is 18.0 Å². The summed E-state index contributed by atoms with van der Waals surface area (Å²) in [5.74, 6) is 0.315. The van der Waals surface area contributed by atoms with Crippen LogP contribution in [0.25, 0.3) is 5.65 Å². The lowest BCUT2D eigenvalue weighted by molar-refractivity contribution is -0.274. The Labute approximate surface area is 232 Å². The number of amides is 1. The van der Waals surface area contributed by atoms with Gasteiger partial charge in [0.25, 0.3) is 5.91 Å². The number of alkyl halides is 3. The summed E-state index contributed by atoms with van der Waals surface area (Å²) < 4.78 is 43.2. The number of nitrogens with one attached hydrogen (secondary N) is 1. The molecule has 1 aliphatic carbocycles. The molecule has 1 atom stereocenters. The molecule has 5 rings (SSSR count). The Balaban J connectivity index is 1.17. The molecule has 6 nitrogen and oxygen atoms in total. The summed E-state index contributed by atoms with van der Waals surface area (Å²) in [5, 5.41) is 3.12. The van der Waals surface area contributed by atoms with Gasteiger partial charge in [0.1, 0.15) is 17.1 Å². The van der Waals surface area contributed by atoms with E-state index in [0.29, 0.717) is 30.5 Å². The molecule has 1 unspecified atom stereocenters. The number of aryl methyl sites for hydroxylation is 2. The van der Waals surface area contributed by atoms with Crippen molar-refractivity contribution in [2.24, 2.45) is 5.92 Å². The van der Waals surface area contributed by atoms with Crippen LogP contribution in [0, 0.1) is 12.8 Å². The summed E-state index contributed by atoms with van der Waals surface area (Å²) in [6.45, 7) is 8.50. The maximum Gasteiger partial charge on any atom is 0.573 e. The number of benzene rings is 1. The van der Waals surface area contributed by atoms with Crippen LogP contribution in [0.15, 0.2) is 66.0 Å². The number of hydrogen-bond acceptors (Lipinski definition) is 4. The molecule has 1 N–H and O–H groups in total. The number of allylic oxidation sites excluding steroid dienone is 3. The van der Waals surface area contributed by atoms with Crippen molar-refractivity contribution in [1.82, 2.24) is 19.6 Å². The number of pyridine rings is 1. The lowest BCUT2D eigenvalue weighted by Crippen LogP contribution is -2.34. The zero-order valence-electron chi connectivity index (χ0n) is 23.1. The first-order valence-corrected chi connectivity index (χ1v) is 13.9. The Morgan fingerprint density at radius 1 is 1.12 bits per heavy atom. The molecule has 2 aliphatic rings. The number of nitrogens with zero attached hydrogens (tertiary/aromatic N) is 3. The monoisotopic (exact) mass is 552 g/mol. The van der Waals surface area contributed by atoms with Gasteiger partial charge in [-0.3, -0.25) is 9.20 Å². The molecule has 1 saturated heterocycles. The van der Waals surface area contributed by atoms with Crippen molar-refractivity contribution in [3.8, 4) is 5.75 Å². The van der Waals surface area contributed by atoms with E-state index < -0.39 is 6.36 Å². The van der Waals surface area contributed by atoms with Gasteiger partial charge < -0.3 is 15.0 Å². The fourth-order valence-corrected chi connectivity index (χ4v) is 5.74. The minimum Gasteiger partial charge on any atom is -0.406 e. The van der Waals surface area contributed by atoms with Crippen molar-refractivity contribution in [2.45, 2.75) is 58.7 Å². The van der Waals surface area contributed by atoms with E-state index >= 15 is 0 Å². The Hall–Kier alpha value is -3.75. The number of piperidine rings is 1. The molecule has 0 radical (unpaired) electrons. The molecular formula is C31H35F3N4O2. The number of fused-ring (bicyclic) bond motifs is 1. The third kappa shape index (κ3) is 6.18. The van der Waals surface area contributed by atoms with Gasteiger partial charge in [0.15, 0.2) is 0 Å². The van der Waals surface area contributed by atoms with E-state index in [0.717, 1.165) is 54.8 Å². The van der Waals surface area contributed by atoms with E-state index in [1.54, 1.807) is 12.1 Å². The molecule has 3 aromatic rings. The smallest absolute Gasteiger partial charge is 0.406 e. The highest BCUT2D eigenvalue weighted by Crippen LogP contribution is 2.34. The van der Waals surface area contributed by atoms with Gasteiger partial charge in [-0.05, 0) is 91.5 Å². The number of carbonyl (C=O) groups excluding carboxylic acids is 1. The van der Waals surface area contributed by atoms with Gasteiger partial charge in [0.2, 0.25) is 0 Å². The quantitative estimate of drug-likeness (QED) is 0.361. The lowest BCUT2D eigenvalue weighted by atomic mass is 9.87. The van der Waals surface area contributed by atoms with Crippen LogP contribution in [0.2, 0.25) is 0 Å². The maximum absolute atomic E-state index is 13.2. The molecule has 1 fully saturated rings. The standard InChI is InChI=1S/C31H35F3N4O2/c1-4-27-29(38-16-11-20(2)17-28(38)36-27)30(39)35-19-24-5-8-25(18-21(24)3)37-14-12-23(13-15-37)22-6-9-26(10-7-22)40-31(32,33)34/h5-11,16-17,21,23H,4,12-15,18-19H2,1-3H3,(H,35,39). The third-order valence-corrected chi connectivity index (χ3v) is 7.98. The Kier molecular flexibility index (Phi) is 7.92. The fourth-order valence-electron chi connectivity index (χ4n) is 5.74. The largest absolute Gasteiger partial charge is 0.573 e. The summed E-state index contributed by atoms with van der Waals surface area (Å²) in [7, 11) is 0. The van der Waals surface area contributed by atoms with Gasteiger partial charge in [-0.25, -0.2) is 4.98 Å². The van der Waals surface area contributed by atoms with Crippen molar-refractivity contribution in [2.75, 3.05) is 19.6 Å². The van der Waals surface area contributed by atoms with Gasteiger partial charge in [-0.1, -0.05) is 32.1 Å². The van der Waals surface area contributed by atoms with Crippen LogP contribution in [0.4, 0.5) is 13.2 Å². The van der Waals surface area contributed by atoms with Gasteiger partial charge in [0, 0.05) is 31.5 Å². The molecule has 1 amide bonds. The maximum atomic E-state index is 13.2. The average Bonchev–Trinajstić information content (AvgIpc) is 3.29. The Morgan fingerprint density at radius 2 is 1.85 bits per heavy atom. The molecule has 1 aromatic carbocycles. The summed E-state index contributed by atoms with van der Waals surface area (Å²) >= 11 is 0. The molecular weight excluding hydrogens is 517 g/mol. The second-order valence-corrected chi connectivity index (χ2v) is 10.8. The fraction of sp³-hybridized carbons (Fsp3) is 0.419. The predicted octanol–water partition coefficient (Wildman–Crippen LogP) is 6.56. The number of imidazole rings is 1. The lowest BCUT2D eigenvalue weighted by Gasteiger charge is -2.37. The van der Waals surface area contributed by atoms with E-state index in [1.165, 1.54) is 23.4 Å². The van der Waals surface area contributed by atoms with Gasteiger partial charge >= 0.3 is 6.36 Å². The van der Waals surface area contributed by atoms with Gasteiger partial charge in [-0.15, -0.1) is 13.2 Å².